The van der Waals surface area contributed by atoms with Crippen LogP contribution in [0.1, 0.15) is 44.6 Å². The third-order valence-electron chi connectivity index (χ3n) is 6.20. The molecule has 33 heavy (non-hydrogen) atoms. The molecule has 0 spiro atoms. The van der Waals surface area contributed by atoms with E-state index in [0.717, 1.165) is 12.1 Å². The summed E-state index contributed by atoms with van der Waals surface area (Å²) in [4.78, 5) is 13.1. The molecular weight excluding hydrogens is 440 g/mol. The van der Waals surface area contributed by atoms with Gasteiger partial charge >= 0.3 is 0 Å². The number of nitrogens with one attached hydrogen (secondary N) is 1. The molecule has 2 atom stereocenters. The average Bonchev–Trinajstić information content (AvgIpc) is 3.39. The summed E-state index contributed by atoms with van der Waals surface area (Å²) in [5, 5.41) is 13.9. The third-order valence-corrected chi connectivity index (χ3v) is 8.08. The number of nitrogens with zero attached hydrogens (tertiary/aromatic N) is 5. The van der Waals surface area contributed by atoms with Gasteiger partial charge in [-0.2, -0.15) is 4.31 Å². The molecule has 1 aliphatic rings. The first kappa shape index (κ1) is 23.1. The molecule has 1 aromatic heterocycles. The maximum absolute atomic E-state index is 13.2. The zero-order valence-corrected chi connectivity index (χ0v) is 19.6. The Balaban J connectivity index is 1.42. The molecule has 0 saturated carbocycles. The van der Waals surface area contributed by atoms with Crippen molar-refractivity contribution < 1.29 is 13.2 Å². The van der Waals surface area contributed by atoms with E-state index in [0.29, 0.717) is 31.0 Å². The average molecular weight is 469 g/mol. The minimum absolute atomic E-state index is 0.153. The van der Waals surface area contributed by atoms with Crippen molar-refractivity contribution in [2.75, 3.05) is 18.4 Å². The van der Waals surface area contributed by atoms with Gasteiger partial charge in [0.05, 0.1) is 16.5 Å². The van der Waals surface area contributed by atoms with Gasteiger partial charge in [-0.05, 0) is 77.6 Å². The van der Waals surface area contributed by atoms with Crippen LogP contribution in [0.5, 0.6) is 0 Å². The monoisotopic (exact) mass is 468 g/mol. The predicted octanol–water partition coefficient (Wildman–Crippen LogP) is 3.22. The van der Waals surface area contributed by atoms with E-state index in [1.807, 2.05) is 24.3 Å². The number of anilines is 1. The van der Waals surface area contributed by atoms with Gasteiger partial charge in [0.25, 0.3) is 0 Å². The van der Waals surface area contributed by atoms with Gasteiger partial charge in [-0.1, -0.05) is 26.0 Å². The van der Waals surface area contributed by atoms with Crippen LogP contribution in [0.25, 0.3) is 5.69 Å². The van der Waals surface area contributed by atoms with E-state index in [1.165, 1.54) is 33.0 Å². The molecule has 2 heterocycles. The van der Waals surface area contributed by atoms with Gasteiger partial charge in [-0.25, -0.2) is 13.1 Å². The fourth-order valence-electron chi connectivity index (χ4n) is 3.95. The number of aromatic nitrogens is 4. The number of carbonyl (C=O) groups excluding carboxylic acids is 1. The van der Waals surface area contributed by atoms with Gasteiger partial charge in [-0.3, -0.25) is 4.79 Å². The summed E-state index contributed by atoms with van der Waals surface area (Å²) in [6.07, 6.45) is 3.78. The first-order chi connectivity index (χ1) is 15.9. The summed E-state index contributed by atoms with van der Waals surface area (Å²) < 4.78 is 29.2. The van der Waals surface area contributed by atoms with Crippen LogP contribution >= 0.6 is 0 Å². The summed E-state index contributed by atoms with van der Waals surface area (Å²) in [6.45, 7) is 4.87. The Kier molecular flexibility index (Phi) is 6.85. The molecule has 4 rings (SSSR count). The highest BCUT2D eigenvalue weighted by atomic mass is 32.2. The Morgan fingerprint density at radius 3 is 2.52 bits per heavy atom. The van der Waals surface area contributed by atoms with E-state index in [-0.39, 0.29) is 17.3 Å². The standard InChI is InChI=1S/C23H28N6O3S/c1-3-17(2)18-6-8-20(9-7-18)25-23(30)19-5-4-14-28(15-19)33(31,32)22-12-10-21(11-13-22)29-16-24-26-27-29/h6-13,16-17,19H,3-5,14-15H2,1-2H3,(H,25,30)/t17-,19+/m1/s1. The lowest BCUT2D eigenvalue weighted by atomic mass is 9.97. The Morgan fingerprint density at radius 1 is 1.15 bits per heavy atom. The van der Waals surface area contributed by atoms with Crippen LogP contribution < -0.4 is 5.32 Å². The second-order valence-electron chi connectivity index (χ2n) is 8.37. The van der Waals surface area contributed by atoms with Crippen LogP contribution in [-0.4, -0.2) is 51.9 Å². The predicted molar refractivity (Wildman–Crippen MR) is 124 cm³/mol. The van der Waals surface area contributed by atoms with Crippen molar-refractivity contribution >= 4 is 21.6 Å². The van der Waals surface area contributed by atoms with Crippen LogP contribution in [0.15, 0.2) is 59.8 Å². The summed E-state index contributed by atoms with van der Waals surface area (Å²) >= 11 is 0. The quantitative estimate of drug-likeness (QED) is 0.570. The van der Waals surface area contributed by atoms with Crippen molar-refractivity contribution in [1.29, 1.82) is 0 Å². The molecule has 1 saturated heterocycles. The van der Waals surface area contributed by atoms with Crippen molar-refractivity contribution in [3.05, 3.63) is 60.4 Å². The second kappa shape index (κ2) is 9.80. The maximum atomic E-state index is 13.2. The van der Waals surface area contributed by atoms with Crippen molar-refractivity contribution in [2.24, 2.45) is 5.92 Å². The van der Waals surface area contributed by atoms with E-state index in [1.54, 1.807) is 12.1 Å². The van der Waals surface area contributed by atoms with Crippen molar-refractivity contribution in [1.82, 2.24) is 24.5 Å². The Hall–Kier alpha value is -3.11. The molecule has 1 fully saturated rings. The number of amides is 1. The lowest BCUT2D eigenvalue weighted by Crippen LogP contribution is -2.43. The fourth-order valence-corrected chi connectivity index (χ4v) is 5.47. The number of hydrogen-bond donors (Lipinski definition) is 1. The molecular formula is C23H28N6O3S. The van der Waals surface area contributed by atoms with Crippen molar-refractivity contribution in [3.8, 4) is 5.69 Å². The summed E-state index contributed by atoms with van der Waals surface area (Å²) in [5.41, 5.74) is 2.62. The molecule has 10 heteroatoms. The van der Waals surface area contributed by atoms with E-state index >= 15 is 0 Å². The number of sulfonamides is 1. The highest BCUT2D eigenvalue weighted by molar-refractivity contribution is 7.89. The molecule has 9 nitrogen and oxygen atoms in total. The summed E-state index contributed by atoms with van der Waals surface area (Å²) in [6, 6.07) is 14.2. The van der Waals surface area contributed by atoms with Gasteiger partial charge in [0.1, 0.15) is 6.33 Å². The van der Waals surface area contributed by atoms with Crippen molar-refractivity contribution in [3.63, 3.8) is 0 Å². The number of piperidine rings is 1. The van der Waals surface area contributed by atoms with E-state index < -0.39 is 15.9 Å². The van der Waals surface area contributed by atoms with Crippen LogP contribution in [-0.2, 0) is 14.8 Å². The van der Waals surface area contributed by atoms with Gasteiger partial charge < -0.3 is 5.32 Å². The minimum atomic E-state index is -3.71. The highest BCUT2D eigenvalue weighted by Crippen LogP contribution is 2.26. The molecule has 174 valence electrons. The molecule has 1 N–H and O–H groups in total. The summed E-state index contributed by atoms with van der Waals surface area (Å²) in [5.74, 6) is -0.0858. The topological polar surface area (TPSA) is 110 Å². The van der Waals surface area contributed by atoms with Crippen LogP contribution in [0.3, 0.4) is 0 Å². The summed E-state index contributed by atoms with van der Waals surface area (Å²) in [7, 11) is -3.71. The molecule has 0 bridgehead atoms. The van der Waals surface area contributed by atoms with Crippen molar-refractivity contribution in [2.45, 2.75) is 43.9 Å². The Morgan fingerprint density at radius 2 is 1.88 bits per heavy atom. The fraction of sp³-hybridized carbons (Fsp3) is 0.391. The number of rotatable bonds is 7. The number of hydrogen-bond acceptors (Lipinski definition) is 6. The molecule has 2 aromatic carbocycles. The maximum Gasteiger partial charge on any atom is 0.243 e. The molecule has 0 unspecified atom stereocenters. The van der Waals surface area contributed by atoms with Crippen LogP contribution in [0, 0.1) is 5.92 Å². The number of benzene rings is 2. The van der Waals surface area contributed by atoms with E-state index in [9.17, 15) is 13.2 Å². The second-order valence-corrected chi connectivity index (χ2v) is 10.3. The van der Waals surface area contributed by atoms with Crippen LogP contribution in [0.2, 0.25) is 0 Å². The SMILES string of the molecule is CC[C@@H](C)c1ccc(NC(=O)[C@H]2CCCN(S(=O)(=O)c3ccc(-n4cnnn4)cc3)C2)cc1. The highest BCUT2D eigenvalue weighted by Gasteiger charge is 2.33. The van der Waals surface area contributed by atoms with Gasteiger partial charge in [0.15, 0.2) is 0 Å². The zero-order valence-electron chi connectivity index (χ0n) is 18.8. The molecule has 1 aliphatic heterocycles. The normalized spacial score (nSPS) is 18.1. The first-order valence-corrected chi connectivity index (χ1v) is 12.6. The van der Waals surface area contributed by atoms with Gasteiger partial charge in [0, 0.05) is 18.8 Å². The lowest BCUT2D eigenvalue weighted by molar-refractivity contribution is -0.120. The Labute approximate surface area is 193 Å². The first-order valence-electron chi connectivity index (χ1n) is 11.1. The third kappa shape index (κ3) is 5.12. The smallest absolute Gasteiger partial charge is 0.243 e. The largest absolute Gasteiger partial charge is 0.326 e. The van der Waals surface area contributed by atoms with E-state index in [4.69, 9.17) is 0 Å². The number of tetrazole rings is 1. The van der Waals surface area contributed by atoms with Crippen LogP contribution in [0.4, 0.5) is 5.69 Å². The Bertz CT molecular complexity index is 1180. The lowest BCUT2D eigenvalue weighted by Gasteiger charge is -2.31. The van der Waals surface area contributed by atoms with E-state index in [2.05, 4.69) is 34.7 Å². The zero-order chi connectivity index (χ0) is 23.4. The molecule has 1 amide bonds. The minimum Gasteiger partial charge on any atom is -0.326 e. The van der Waals surface area contributed by atoms with Gasteiger partial charge in [-0.15, -0.1) is 5.10 Å². The van der Waals surface area contributed by atoms with Gasteiger partial charge in [0.2, 0.25) is 15.9 Å². The molecule has 3 aromatic rings. The molecule has 0 radical (unpaired) electrons. The number of carbonyl (C=O) groups is 1. The molecule has 0 aliphatic carbocycles.